The van der Waals surface area contributed by atoms with E-state index in [4.69, 9.17) is 0 Å². The van der Waals surface area contributed by atoms with Crippen LogP contribution in [0.15, 0.2) is 24.3 Å². The number of nitrogens with zero attached hydrogens (tertiary/aromatic N) is 1. The summed E-state index contributed by atoms with van der Waals surface area (Å²) in [7, 11) is 1.91. The molecule has 1 aliphatic heterocycles. The number of carbonyl (C=O) groups excluding carboxylic acids is 1. The van der Waals surface area contributed by atoms with Gasteiger partial charge in [-0.15, -0.1) is 0 Å². The van der Waals surface area contributed by atoms with E-state index in [2.05, 4.69) is 31.3 Å². The monoisotopic (exact) mass is 260 g/mol. The fraction of sp³-hybridized carbons (Fsp3) is 0.562. The van der Waals surface area contributed by atoms with E-state index in [1.54, 1.807) is 0 Å². The molecule has 2 rings (SSSR count). The lowest BCUT2D eigenvalue weighted by molar-refractivity contribution is -0.141. The van der Waals surface area contributed by atoms with E-state index in [0.717, 1.165) is 25.9 Å². The molecule has 0 radical (unpaired) electrons. The number of carbonyl (C=O) groups is 1. The van der Waals surface area contributed by atoms with Crippen LogP contribution in [0.3, 0.4) is 0 Å². The van der Waals surface area contributed by atoms with Crippen molar-refractivity contribution >= 4 is 5.91 Å². The predicted molar refractivity (Wildman–Crippen MR) is 77.9 cm³/mol. The van der Waals surface area contributed by atoms with Crippen LogP contribution in [0.4, 0.5) is 0 Å². The van der Waals surface area contributed by atoms with Gasteiger partial charge in [-0.05, 0) is 44.4 Å². The van der Waals surface area contributed by atoms with Gasteiger partial charge in [0.25, 0.3) is 0 Å². The van der Waals surface area contributed by atoms with Crippen molar-refractivity contribution in [3.8, 4) is 0 Å². The Bertz CT molecular complexity index is 450. The Hall–Kier alpha value is -1.35. The van der Waals surface area contributed by atoms with Gasteiger partial charge in [0.05, 0.1) is 5.41 Å². The largest absolute Gasteiger partial charge is 0.341 e. The highest BCUT2D eigenvalue weighted by Crippen LogP contribution is 2.28. The van der Waals surface area contributed by atoms with Gasteiger partial charge in [-0.1, -0.05) is 24.3 Å². The highest BCUT2D eigenvalue weighted by Gasteiger charge is 2.36. The number of nitrogens with one attached hydrogen (secondary N) is 1. The number of hydrogen-bond donors (Lipinski definition) is 1. The third-order valence-electron chi connectivity index (χ3n) is 4.13. The summed E-state index contributed by atoms with van der Waals surface area (Å²) in [6, 6.07) is 8.26. The van der Waals surface area contributed by atoms with Crippen molar-refractivity contribution in [3.05, 3.63) is 35.4 Å². The number of rotatable bonds is 3. The van der Waals surface area contributed by atoms with Crippen molar-refractivity contribution in [1.29, 1.82) is 0 Å². The standard InChI is InChI=1S/C16H24N2O/c1-13-7-4-5-8-14(13)11-18(3)15(19)16(2)9-6-10-17-12-16/h4-5,7-8,17H,6,9-12H2,1-3H3. The highest BCUT2D eigenvalue weighted by molar-refractivity contribution is 5.82. The van der Waals surface area contributed by atoms with E-state index < -0.39 is 0 Å². The van der Waals surface area contributed by atoms with Crippen LogP contribution in [0, 0.1) is 12.3 Å². The number of aryl methyl sites for hydroxylation is 1. The van der Waals surface area contributed by atoms with E-state index in [0.29, 0.717) is 6.54 Å². The van der Waals surface area contributed by atoms with Crippen molar-refractivity contribution < 1.29 is 4.79 Å². The minimum atomic E-state index is -0.240. The van der Waals surface area contributed by atoms with Crippen molar-refractivity contribution in [2.24, 2.45) is 5.41 Å². The number of amides is 1. The van der Waals surface area contributed by atoms with Crippen molar-refractivity contribution in [1.82, 2.24) is 10.2 Å². The second kappa shape index (κ2) is 5.74. The SMILES string of the molecule is Cc1ccccc1CN(C)C(=O)C1(C)CCCNC1. The molecule has 1 unspecified atom stereocenters. The van der Waals surface area contributed by atoms with E-state index >= 15 is 0 Å². The summed E-state index contributed by atoms with van der Waals surface area (Å²) < 4.78 is 0. The highest BCUT2D eigenvalue weighted by atomic mass is 16.2. The first-order chi connectivity index (χ1) is 9.03. The lowest BCUT2D eigenvalue weighted by Gasteiger charge is -2.36. The molecule has 1 fully saturated rings. The molecule has 1 aromatic rings. The fourth-order valence-corrected chi connectivity index (χ4v) is 2.81. The average molecular weight is 260 g/mol. The molecule has 3 nitrogen and oxygen atoms in total. The van der Waals surface area contributed by atoms with Gasteiger partial charge in [0.1, 0.15) is 0 Å². The Labute approximate surface area is 116 Å². The summed E-state index contributed by atoms with van der Waals surface area (Å²) >= 11 is 0. The Morgan fingerprint density at radius 2 is 2.16 bits per heavy atom. The normalized spacial score (nSPS) is 23.1. The molecule has 1 N–H and O–H groups in total. The first-order valence-electron chi connectivity index (χ1n) is 7.04. The zero-order valence-electron chi connectivity index (χ0n) is 12.2. The van der Waals surface area contributed by atoms with Gasteiger partial charge in [-0.2, -0.15) is 0 Å². The first kappa shape index (κ1) is 14.1. The minimum Gasteiger partial charge on any atom is -0.341 e. The zero-order valence-corrected chi connectivity index (χ0v) is 12.2. The average Bonchev–Trinajstić information content (AvgIpc) is 2.41. The molecule has 1 aliphatic rings. The fourth-order valence-electron chi connectivity index (χ4n) is 2.81. The topological polar surface area (TPSA) is 32.3 Å². The molecule has 3 heteroatoms. The molecule has 1 aromatic carbocycles. The second-order valence-corrected chi connectivity index (χ2v) is 5.93. The van der Waals surface area contributed by atoms with Crippen molar-refractivity contribution in [2.45, 2.75) is 33.2 Å². The molecule has 1 saturated heterocycles. The molecule has 0 bridgehead atoms. The van der Waals surface area contributed by atoms with Crippen LogP contribution in [-0.4, -0.2) is 30.9 Å². The molecule has 104 valence electrons. The van der Waals surface area contributed by atoms with Gasteiger partial charge < -0.3 is 10.2 Å². The lowest BCUT2D eigenvalue weighted by Crippen LogP contribution is -2.49. The van der Waals surface area contributed by atoms with E-state index in [9.17, 15) is 4.79 Å². The van der Waals surface area contributed by atoms with Gasteiger partial charge in [-0.3, -0.25) is 4.79 Å². The van der Waals surface area contributed by atoms with Gasteiger partial charge >= 0.3 is 0 Å². The van der Waals surface area contributed by atoms with E-state index in [-0.39, 0.29) is 11.3 Å². The summed E-state index contributed by atoms with van der Waals surface area (Å²) in [6.07, 6.45) is 2.07. The second-order valence-electron chi connectivity index (χ2n) is 5.93. The summed E-state index contributed by atoms with van der Waals surface area (Å²) in [5.41, 5.74) is 2.23. The smallest absolute Gasteiger partial charge is 0.229 e. The molecule has 0 spiro atoms. The summed E-state index contributed by atoms with van der Waals surface area (Å²) in [4.78, 5) is 14.5. The van der Waals surface area contributed by atoms with Crippen LogP contribution in [-0.2, 0) is 11.3 Å². The van der Waals surface area contributed by atoms with E-state index in [1.165, 1.54) is 11.1 Å². The number of benzene rings is 1. The Morgan fingerprint density at radius 3 is 2.79 bits per heavy atom. The van der Waals surface area contributed by atoms with Gasteiger partial charge in [-0.25, -0.2) is 0 Å². The Kier molecular flexibility index (Phi) is 4.25. The van der Waals surface area contributed by atoms with Gasteiger partial charge in [0, 0.05) is 20.1 Å². The van der Waals surface area contributed by atoms with Crippen LogP contribution >= 0.6 is 0 Å². The molecule has 1 heterocycles. The van der Waals surface area contributed by atoms with Gasteiger partial charge in [0.2, 0.25) is 5.91 Å². The maximum Gasteiger partial charge on any atom is 0.229 e. The maximum atomic E-state index is 12.6. The third-order valence-corrected chi connectivity index (χ3v) is 4.13. The van der Waals surface area contributed by atoms with Gasteiger partial charge in [0.15, 0.2) is 0 Å². The molecular formula is C16H24N2O. The van der Waals surface area contributed by atoms with Crippen LogP contribution in [0.25, 0.3) is 0 Å². The van der Waals surface area contributed by atoms with Crippen LogP contribution in [0.5, 0.6) is 0 Å². The molecule has 1 atom stereocenters. The Balaban J connectivity index is 2.05. The molecule has 0 aliphatic carbocycles. The zero-order chi connectivity index (χ0) is 13.9. The molecular weight excluding hydrogens is 236 g/mol. The quantitative estimate of drug-likeness (QED) is 0.904. The van der Waals surface area contributed by atoms with Crippen LogP contribution in [0.2, 0.25) is 0 Å². The first-order valence-corrected chi connectivity index (χ1v) is 7.04. The van der Waals surface area contributed by atoms with Crippen molar-refractivity contribution in [2.75, 3.05) is 20.1 Å². The summed E-state index contributed by atoms with van der Waals surface area (Å²) in [6.45, 7) is 6.70. The van der Waals surface area contributed by atoms with Crippen LogP contribution < -0.4 is 5.32 Å². The molecule has 19 heavy (non-hydrogen) atoms. The summed E-state index contributed by atoms with van der Waals surface area (Å²) in [5, 5.41) is 3.34. The summed E-state index contributed by atoms with van der Waals surface area (Å²) in [5.74, 6) is 0.253. The molecule has 1 amide bonds. The molecule has 0 aromatic heterocycles. The van der Waals surface area contributed by atoms with E-state index in [1.807, 2.05) is 24.1 Å². The third kappa shape index (κ3) is 3.16. The van der Waals surface area contributed by atoms with Crippen molar-refractivity contribution in [3.63, 3.8) is 0 Å². The minimum absolute atomic E-state index is 0.240. The number of hydrogen-bond acceptors (Lipinski definition) is 2. The maximum absolute atomic E-state index is 12.6. The Morgan fingerprint density at radius 1 is 1.42 bits per heavy atom. The lowest BCUT2D eigenvalue weighted by atomic mass is 9.81. The number of piperidine rings is 1. The predicted octanol–water partition coefficient (Wildman–Crippen LogP) is 2.34. The molecule has 0 saturated carbocycles. The van der Waals surface area contributed by atoms with Crippen LogP contribution in [0.1, 0.15) is 30.9 Å².